The molecule has 1 unspecified atom stereocenters. The molecule has 0 bridgehead atoms. The molecule has 0 fully saturated rings. The minimum atomic E-state index is -0.0356. The Balaban J connectivity index is 3.67. The second-order valence-electron chi connectivity index (χ2n) is 3.37. The van der Waals surface area contributed by atoms with E-state index in [1.807, 2.05) is 6.92 Å². The third kappa shape index (κ3) is 4.97. The van der Waals surface area contributed by atoms with Crippen LogP contribution in [-0.2, 0) is 14.4 Å². The summed E-state index contributed by atoms with van der Waals surface area (Å²) in [6.45, 7) is 1.87. The highest BCUT2D eigenvalue weighted by atomic mass is 16.7. The molecule has 0 aromatic carbocycles. The quantitative estimate of drug-likeness (QED) is 0.355. The van der Waals surface area contributed by atoms with Gasteiger partial charge >= 0.3 is 0 Å². The van der Waals surface area contributed by atoms with Crippen LogP contribution in [0, 0.1) is 5.92 Å². The first-order valence-electron chi connectivity index (χ1n) is 4.88. The van der Waals surface area contributed by atoms with Crippen molar-refractivity contribution < 1.29 is 14.4 Å². The molecule has 0 spiro atoms. The van der Waals surface area contributed by atoms with Crippen molar-refractivity contribution in [2.24, 2.45) is 5.92 Å². The molecule has 82 valence electrons. The Bertz CT molecular complexity index is 182. The molecule has 0 aromatic heterocycles. The second kappa shape index (κ2) is 7.50. The van der Waals surface area contributed by atoms with Gasteiger partial charge in [-0.25, -0.2) is 5.06 Å². The first-order valence-corrected chi connectivity index (χ1v) is 4.88. The standard InChI is InChI=1S/C10H19NO3/c1-9(7-5-4-6-8-12)10(13)11(2)14-3/h8-9H,4-7H2,1-3H3. The van der Waals surface area contributed by atoms with Crippen LogP contribution >= 0.6 is 0 Å². The number of carbonyl (C=O) groups is 2. The van der Waals surface area contributed by atoms with Crippen molar-refractivity contribution in [2.75, 3.05) is 14.2 Å². The van der Waals surface area contributed by atoms with Crippen molar-refractivity contribution in [1.82, 2.24) is 5.06 Å². The van der Waals surface area contributed by atoms with Gasteiger partial charge in [0.2, 0.25) is 5.91 Å². The van der Waals surface area contributed by atoms with Crippen LogP contribution in [0.15, 0.2) is 0 Å². The molecule has 4 heteroatoms. The number of amides is 1. The zero-order chi connectivity index (χ0) is 11.0. The van der Waals surface area contributed by atoms with E-state index >= 15 is 0 Å². The van der Waals surface area contributed by atoms with Gasteiger partial charge in [0, 0.05) is 19.4 Å². The van der Waals surface area contributed by atoms with E-state index in [-0.39, 0.29) is 11.8 Å². The summed E-state index contributed by atoms with van der Waals surface area (Å²) in [6.07, 6.45) is 4.07. The lowest BCUT2D eigenvalue weighted by atomic mass is 10.0. The largest absolute Gasteiger partial charge is 0.303 e. The molecule has 14 heavy (non-hydrogen) atoms. The Kier molecular flexibility index (Phi) is 7.02. The van der Waals surface area contributed by atoms with Gasteiger partial charge in [-0.3, -0.25) is 9.63 Å². The van der Waals surface area contributed by atoms with Crippen LogP contribution in [0.2, 0.25) is 0 Å². The lowest BCUT2D eigenvalue weighted by Crippen LogP contribution is -2.30. The molecule has 0 radical (unpaired) electrons. The van der Waals surface area contributed by atoms with E-state index in [1.165, 1.54) is 12.2 Å². The molecule has 1 atom stereocenters. The van der Waals surface area contributed by atoms with Crippen molar-refractivity contribution in [3.63, 3.8) is 0 Å². The minimum Gasteiger partial charge on any atom is -0.303 e. The maximum Gasteiger partial charge on any atom is 0.248 e. The predicted molar refractivity (Wildman–Crippen MR) is 53.5 cm³/mol. The van der Waals surface area contributed by atoms with E-state index < -0.39 is 0 Å². The van der Waals surface area contributed by atoms with Gasteiger partial charge in [-0.05, 0) is 12.8 Å². The van der Waals surface area contributed by atoms with Gasteiger partial charge in [0.25, 0.3) is 0 Å². The van der Waals surface area contributed by atoms with Crippen LogP contribution in [0.3, 0.4) is 0 Å². The smallest absolute Gasteiger partial charge is 0.248 e. The first-order chi connectivity index (χ1) is 6.63. The topological polar surface area (TPSA) is 46.6 Å². The monoisotopic (exact) mass is 201 g/mol. The van der Waals surface area contributed by atoms with Crippen molar-refractivity contribution in [2.45, 2.75) is 32.6 Å². The number of aldehydes is 1. The molecule has 0 saturated carbocycles. The summed E-state index contributed by atoms with van der Waals surface area (Å²) in [5, 5.41) is 1.24. The fourth-order valence-electron chi connectivity index (χ4n) is 1.20. The highest BCUT2D eigenvalue weighted by Crippen LogP contribution is 2.11. The van der Waals surface area contributed by atoms with Crippen LogP contribution in [0.25, 0.3) is 0 Å². The number of unbranched alkanes of at least 4 members (excludes halogenated alkanes) is 2. The number of hydrogen-bond donors (Lipinski definition) is 0. The third-order valence-electron chi connectivity index (χ3n) is 2.21. The van der Waals surface area contributed by atoms with Gasteiger partial charge in [-0.2, -0.15) is 0 Å². The summed E-state index contributed by atoms with van der Waals surface area (Å²) >= 11 is 0. The fraction of sp³-hybridized carbons (Fsp3) is 0.800. The molecular weight excluding hydrogens is 182 g/mol. The highest BCUT2D eigenvalue weighted by molar-refractivity contribution is 5.77. The molecule has 0 aromatic rings. The first kappa shape index (κ1) is 13.1. The lowest BCUT2D eigenvalue weighted by molar-refractivity contribution is -0.173. The van der Waals surface area contributed by atoms with Gasteiger partial charge in [0.05, 0.1) is 7.11 Å². The van der Waals surface area contributed by atoms with E-state index in [4.69, 9.17) is 4.84 Å². The van der Waals surface area contributed by atoms with E-state index in [0.29, 0.717) is 6.42 Å². The molecule has 4 nitrogen and oxygen atoms in total. The summed E-state index contributed by atoms with van der Waals surface area (Å²) in [6, 6.07) is 0. The van der Waals surface area contributed by atoms with Gasteiger partial charge in [0.15, 0.2) is 0 Å². The Labute approximate surface area is 85.2 Å². The van der Waals surface area contributed by atoms with E-state index in [2.05, 4.69) is 0 Å². The fourth-order valence-corrected chi connectivity index (χ4v) is 1.20. The number of hydroxylamine groups is 2. The predicted octanol–water partition coefficient (Wildman–Crippen LogP) is 1.40. The third-order valence-corrected chi connectivity index (χ3v) is 2.21. The average Bonchev–Trinajstić information content (AvgIpc) is 2.21. The second-order valence-corrected chi connectivity index (χ2v) is 3.37. The summed E-state index contributed by atoms with van der Waals surface area (Å²) in [5.41, 5.74) is 0. The van der Waals surface area contributed by atoms with E-state index in [9.17, 15) is 9.59 Å². The SMILES string of the molecule is CON(C)C(=O)C(C)CCCCC=O. The lowest BCUT2D eigenvalue weighted by Gasteiger charge is -2.18. The zero-order valence-corrected chi connectivity index (χ0v) is 9.16. The molecule has 1 amide bonds. The normalized spacial score (nSPS) is 12.2. The Hall–Kier alpha value is -0.900. The van der Waals surface area contributed by atoms with Gasteiger partial charge in [-0.15, -0.1) is 0 Å². The number of nitrogens with zero attached hydrogens (tertiary/aromatic N) is 1. The summed E-state index contributed by atoms with van der Waals surface area (Å²) in [4.78, 5) is 26.3. The molecule has 0 aliphatic carbocycles. The molecule has 0 aliphatic rings. The summed E-state index contributed by atoms with van der Waals surface area (Å²) in [7, 11) is 3.07. The maximum absolute atomic E-state index is 11.5. The zero-order valence-electron chi connectivity index (χ0n) is 9.16. The molecule has 0 N–H and O–H groups in total. The molecular formula is C10H19NO3. The minimum absolute atomic E-state index is 0.0152. The van der Waals surface area contributed by atoms with Crippen LogP contribution in [0.4, 0.5) is 0 Å². The molecule has 0 rings (SSSR count). The average molecular weight is 201 g/mol. The van der Waals surface area contributed by atoms with Crippen molar-refractivity contribution in [3.05, 3.63) is 0 Å². The van der Waals surface area contributed by atoms with Crippen molar-refractivity contribution >= 4 is 12.2 Å². The highest BCUT2D eigenvalue weighted by Gasteiger charge is 2.16. The van der Waals surface area contributed by atoms with Crippen molar-refractivity contribution in [1.29, 1.82) is 0 Å². The Morgan fingerprint density at radius 1 is 1.50 bits per heavy atom. The van der Waals surface area contributed by atoms with Crippen molar-refractivity contribution in [3.8, 4) is 0 Å². The maximum atomic E-state index is 11.5. The Morgan fingerprint density at radius 3 is 2.64 bits per heavy atom. The Morgan fingerprint density at radius 2 is 2.14 bits per heavy atom. The number of carbonyl (C=O) groups excluding carboxylic acids is 2. The van der Waals surface area contributed by atoms with Gasteiger partial charge in [0.1, 0.15) is 6.29 Å². The van der Waals surface area contributed by atoms with E-state index in [0.717, 1.165) is 25.5 Å². The van der Waals surface area contributed by atoms with Crippen LogP contribution < -0.4 is 0 Å². The van der Waals surface area contributed by atoms with Crippen LogP contribution in [-0.4, -0.2) is 31.4 Å². The number of rotatable bonds is 7. The molecule has 0 saturated heterocycles. The molecule has 0 aliphatic heterocycles. The summed E-state index contributed by atoms with van der Waals surface area (Å²) < 4.78 is 0. The van der Waals surface area contributed by atoms with E-state index in [1.54, 1.807) is 7.05 Å². The molecule has 0 heterocycles. The summed E-state index contributed by atoms with van der Waals surface area (Å²) in [5.74, 6) is -0.0507. The van der Waals surface area contributed by atoms with Crippen LogP contribution in [0.5, 0.6) is 0 Å². The number of hydrogen-bond acceptors (Lipinski definition) is 3. The van der Waals surface area contributed by atoms with Gasteiger partial charge < -0.3 is 4.79 Å². The van der Waals surface area contributed by atoms with Gasteiger partial charge in [-0.1, -0.05) is 13.3 Å². The van der Waals surface area contributed by atoms with Crippen LogP contribution in [0.1, 0.15) is 32.6 Å².